The fourth-order valence-electron chi connectivity index (χ4n) is 3.71. The third kappa shape index (κ3) is 2.89. The summed E-state index contributed by atoms with van der Waals surface area (Å²) in [5, 5.41) is 0. The van der Waals surface area contributed by atoms with Crippen LogP contribution in [0.2, 0.25) is 0 Å². The monoisotopic (exact) mass is 324 g/mol. The summed E-state index contributed by atoms with van der Waals surface area (Å²) in [5.74, 6) is -0.0560. The molecule has 23 heavy (non-hydrogen) atoms. The van der Waals surface area contributed by atoms with E-state index in [1.807, 2.05) is 13.8 Å². The van der Waals surface area contributed by atoms with Crippen molar-refractivity contribution < 1.29 is 19.1 Å². The standard InChI is InChI=1S/C19H32O4/c1-11-9-12-10-13(11)14(20)22-15(12)23-16(21)18(5,6)19(7,8)17(2,3)4/h11-13,15H,9-10H2,1-8H3. The molecule has 2 aliphatic rings. The quantitative estimate of drug-likeness (QED) is 0.731. The van der Waals surface area contributed by atoms with Gasteiger partial charge in [-0.05, 0) is 43.4 Å². The van der Waals surface area contributed by atoms with Crippen molar-refractivity contribution in [1.29, 1.82) is 0 Å². The number of rotatable bonds is 3. The zero-order chi connectivity index (χ0) is 17.8. The van der Waals surface area contributed by atoms with Crippen LogP contribution in [0.15, 0.2) is 0 Å². The Morgan fingerprint density at radius 1 is 1.09 bits per heavy atom. The molecule has 1 saturated carbocycles. The van der Waals surface area contributed by atoms with Gasteiger partial charge >= 0.3 is 11.9 Å². The van der Waals surface area contributed by atoms with Crippen molar-refractivity contribution in [2.75, 3.05) is 0 Å². The maximum absolute atomic E-state index is 12.9. The molecule has 2 fully saturated rings. The molecule has 4 atom stereocenters. The molecule has 0 aromatic carbocycles. The highest BCUT2D eigenvalue weighted by Crippen LogP contribution is 2.52. The Balaban J connectivity index is 2.14. The van der Waals surface area contributed by atoms with E-state index in [9.17, 15) is 9.59 Å². The molecule has 4 heteroatoms. The lowest BCUT2D eigenvalue weighted by Crippen LogP contribution is -2.50. The van der Waals surface area contributed by atoms with Crippen molar-refractivity contribution in [3.05, 3.63) is 0 Å². The SMILES string of the molecule is CC1CC2CC1C(=O)OC2OC(=O)C(C)(C)C(C)(C)C(C)(C)C. The van der Waals surface area contributed by atoms with E-state index >= 15 is 0 Å². The first-order valence-electron chi connectivity index (χ1n) is 8.70. The van der Waals surface area contributed by atoms with Crippen LogP contribution >= 0.6 is 0 Å². The summed E-state index contributed by atoms with van der Waals surface area (Å²) in [7, 11) is 0. The number of esters is 2. The van der Waals surface area contributed by atoms with Gasteiger partial charge in [0.25, 0.3) is 0 Å². The molecule has 1 heterocycles. The smallest absolute Gasteiger partial charge is 0.315 e. The highest BCUT2D eigenvalue weighted by molar-refractivity contribution is 5.78. The summed E-state index contributed by atoms with van der Waals surface area (Å²) in [5.41, 5.74) is -1.02. The fourth-order valence-corrected chi connectivity index (χ4v) is 3.71. The van der Waals surface area contributed by atoms with Gasteiger partial charge in [-0.2, -0.15) is 0 Å². The van der Waals surface area contributed by atoms with E-state index in [1.54, 1.807) is 0 Å². The Hall–Kier alpha value is -1.06. The van der Waals surface area contributed by atoms with E-state index in [0.717, 1.165) is 12.8 Å². The first kappa shape index (κ1) is 18.3. The van der Waals surface area contributed by atoms with Crippen LogP contribution in [0.3, 0.4) is 0 Å². The minimum absolute atomic E-state index is 0.0195. The average Bonchev–Trinajstić information content (AvgIpc) is 2.73. The van der Waals surface area contributed by atoms with E-state index in [1.165, 1.54) is 0 Å². The van der Waals surface area contributed by atoms with Gasteiger partial charge < -0.3 is 9.47 Å². The lowest BCUT2D eigenvalue weighted by molar-refractivity contribution is -0.218. The summed E-state index contributed by atoms with van der Waals surface area (Å²) in [6.07, 6.45) is 0.949. The number of hydrogen-bond acceptors (Lipinski definition) is 4. The largest absolute Gasteiger partial charge is 0.425 e. The highest BCUT2D eigenvalue weighted by atomic mass is 16.7. The second kappa shape index (κ2) is 5.49. The van der Waals surface area contributed by atoms with Gasteiger partial charge in [0, 0.05) is 5.92 Å². The summed E-state index contributed by atoms with van der Waals surface area (Å²) < 4.78 is 11.1. The summed E-state index contributed by atoms with van der Waals surface area (Å²) in [6, 6.07) is 0. The maximum Gasteiger partial charge on any atom is 0.315 e. The number of ether oxygens (including phenoxy) is 2. The predicted octanol–water partition coefficient (Wildman–Crippen LogP) is 4.17. The molecule has 1 saturated heterocycles. The maximum atomic E-state index is 12.9. The normalized spacial score (nSPS) is 31.7. The molecular formula is C19H32O4. The van der Waals surface area contributed by atoms with E-state index < -0.39 is 11.7 Å². The first-order chi connectivity index (χ1) is 10.3. The van der Waals surface area contributed by atoms with Gasteiger partial charge in [0.2, 0.25) is 6.29 Å². The number of cyclic esters (lactones) is 1. The van der Waals surface area contributed by atoms with Gasteiger partial charge in [0.05, 0.1) is 11.3 Å². The Labute approximate surface area is 140 Å². The van der Waals surface area contributed by atoms with Crippen molar-refractivity contribution in [2.24, 2.45) is 34.0 Å². The predicted molar refractivity (Wildman–Crippen MR) is 88.4 cm³/mol. The Morgan fingerprint density at radius 2 is 1.65 bits per heavy atom. The van der Waals surface area contributed by atoms with Gasteiger partial charge in [-0.3, -0.25) is 9.59 Å². The van der Waals surface area contributed by atoms with Gasteiger partial charge in [0.1, 0.15) is 0 Å². The molecular weight excluding hydrogens is 292 g/mol. The Morgan fingerprint density at radius 3 is 2.17 bits per heavy atom. The van der Waals surface area contributed by atoms with E-state index in [0.29, 0.717) is 5.92 Å². The molecule has 0 radical (unpaired) electrons. The van der Waals surface area contributed by atoms with Gasteiger partial charge in [-0.25, -0.2) is 0 Å². The minimum atomic E-state index is -0.716. The van der Waals surface area contributed by atoms with Crippen LogP contribution in [0.1, 0.15) is 68.2 Å². The molecule has 2 rings (SSSR count). The summed E-state index contributed by atoms with van der Waals surface area (Å²) in [4.78, 5) is 24.9. The van der Waals surface area contributed by atoms with Crippen LogP contribution < -0.4 is 0 Å². The van der Waals surface area contributed by atoms with E-state index in [2.05, 4.69) is 41.5 Å². The zero-order valence-corrected chi connectivity index (χ0v) is 15.9. The third-order valence-electron chi connectivity index (χ3n) is 7.01. The van der Waals surface area contributed by atoms with Crippen molar-refractivity contribution in [3.63, 3.8) is 0 Å². The van der Waals surface area contributed by atoms with Crippen molar-refractivity contribution in [2.45, 2.75) is 74.5 Å². The second-order valence-electron chi connectivity index (χ2n) is 9.53. The zero-order valence-electron chi connectivity index (χ0n) is 15.9. The summed E-state index contributed by atoms with van der Waals surface area (Å²) >= 11 is 0. The van der Waals surface area contributed by atoms with Crippen LogP contribution in [0, 0.1) is 34.0 Å². The van der Waals surface area contributed by atoms with Gasteiger partial charge in [-0.15, -0.1) is 0 Å². The van der Waals surface area contributed by atoms with Crippen molar-refractivity contribution in [3.8, 4) is 0 Å². The van der Waals surface area contributed by atoms with Crippen LogP contribution in [-0.2, 0) is 19.1 Å². The van der Waals surface area contributed by atoms with Crippen molar-refractivity contribution >= 4 is 11.9 Å². The molecule has 4 nitrogen and oxygen atoms in total. The number of carbonyl (C=O) groups excluding carboxylic acids is 2. The Bertz CT molecular complexity index is 498. The number of hydrogen-bond donors (Lipinski definition) is 0. The summed E-state index contributed by atoms with van der Waals surface area (Å²) in [6.45, 7) is 16.5. The van der Waals surface area contributed by atoms with Gasteiger partial charge in [0.15, 0.2) is 0 Å². The lowest BCUT2D eigenvalue weighted by atomic mass is 9.55. The topological polar surface area (TPSA) is 52.6 Å². The van der Waals surface area contributed by atoms with Crippen LogP contribution in [-0.4, -0.2) is 18.2 Å². The number of fused-ring (bicyclic) bond motifs is 2. The fraction of sp³-hybridized carbons (Fsp3) is 0.895. The molecule has 132 valence electrons. The Kier molecular flexibility index (Phi) is 4.36. The van der Waals surface area contributed by atoms with Crippen LogP contribution in [0.4, 0.5) is 0 Å². The molecule has 0 amide bonds. The minimum Gasteiger partial charge on any atom is -0.425 e. The van der Waals surface area contributed by atoms with Crippen molar-refractivity contribution in [1.82, 2.24) is 0 Å². The molecule has 1 aliphatic carbocycles. The average molecular weight is 324 g/mol. The van der Waals surface area contributed by atoms with E-state index in [4.69, 9.17) is 9.47 Å². The molecule has 0 aromatic rings. The lowest BCUT2D eigenvalue weighted by Gasteiger charge is -2.49. The van der Waals surface area contributed by atoms with Crippen LogP contribution in [0.5, 0.6) is 0 Å². The number of carbonyl (C=O) groups is 2. The third-order valence-corrected chi connectivity index (χ3v) is 7.01. The van der Waals surface area contributed by atoms with Gasteiger partial charge in [-0.1, -0.05) is 41.5 Å². The van der Waals surface area contributed by atoms with Crippen LogP contribution in [0.25, 0.3) is 0 Å². The second-order valence-corrected chi connectivity index (χ2v) is 9.53. The highest BCUT2D eigenvalue weighted by Gasteiger charge is 2.54. The van der Waals surface area contributed by atoms with E-state index in [-0.39, 0.29) is 34.6 Å². The molecule has 0 spiro atoms. The molecule has 4 unspecified atom stereocenters. The molecule has 0 aromatic heterocycles. The molecule has 1 aliphatic heterocycles. The molecule has 2 bridgehead atoms. The molecule has 0 N–H and O–H groups in total. The first-order valence-corrected chi connectivity index (χ1v) is 8.70.